The third kappa shape index (κ3) is 2.25. The van der Waals surface area contributed by atoms with Crippen molar-refractivity contribution < 1.29 is 8.78 Å². The fourth-order valence-corrected chi connectivity index (χ4v) is 1.53. The van der Waals surface area contributed by atoms with E-state index in [1.807, 2.05) is 0 Å². The number of aromatic nitrogens is 1. The van der Waals surface area contributed by atoms with Crippen molar-refractivity contribution in [3.63, 3.8) is 0 Å². The molecule has 0 spiro atoms. The van der Waals surface area contributed by atoms with Gasteiger partial charge < -0.3 is 11.5 Å². The number of hydrogen-bond acceptors (Lipinski definition) is 3. The summed E-state index contributed by atoms with van der Waals surface area (Å²) in [7, 11) is 0. The van der Waals surface area contributed by atoms with Crippen molar-refractivity contribution in [3.8, 4) is 0 Å². The molecule has 0 atom stereocenters. The van der Waals surface area contributed by atoms with E-state index in [0.717, 1.165) is 0 Å². The summed E-state index contributed by atoms with van der Waals surface area (Å²) in [6.45, 7) is 0.121. The number of anilines is 1. The van der Waals surface area contributed by atoms with Gasteiger partial charge in [0.2, 0.25) is 0 Å². The molecule has 72 valence electrons. The highest BCUT2D eigenvalue weighted by Gasteiger charge is 2.14. The maximum absolute atomic E-state index is 12.3. The molecule has 0 amide bonds. The number of pyridine rings is 1. The Bertz CT molecular complexity index is 317. The number of rotatable bonds is 2. The normalized spacial score (nSPS) is 10.8. The van der Waals surface area contributed by atoms with E-state index in [9.17, 15) is 8.78 Å². The summed E-state index contributed by atoms with van der Waals surface area (Å²) in [5.41, 5.74) is 11.1. The van der Waals surface area contributed by atoms with Crippen LogP contribution >= 0.6 is 22.6 Å². The maximum Gasteiger partial charge on any atom is 0.266 e. The summed E-state index contributed by atoms with van der Waals surface area (Å²) < 4.78 is 24.9. The molecule has 0 fully saturated rings. The van der Waals surface area contributed by atoms with Crippen LogP contribution in [0.2, 0.25) is 0 Å². The Hall–Kier alpha value is -0.500. The lowest BCUT2D eigenvalue weighted by Crippen LogP contribution is -2.07. The highest BCUT2D eigenvalue weighted by atomic mass is 127. The molecule has 6 heteroatoms. The first-order valence-corrected chi connectivity index (χ1v) is 4.57. The van der Waals surface area contributed by atoms with E-state index in [-0.39, 0.29) is 21.6 Å². The van der Waals surface area contributed by atoms with Crippen molar-refractivity contribution in [2.45, 2.75) is 13.0 Å². The number of nitrogens with zero attached hydrogens (tertiary/aromatic N) is 1. The molecular weight excluding hydrogens is 291 g/mol. The zero-order valence-electron chi connectivity index (χ0n) is 6.60. The molecule has 0 radical (unpaired) electrons. The first-order chi connectivity index (χ1) is 6.06. The summed E-state index contributed by atoms with van der Waals surface area (Å²) in [6, 6.07) is 1.30. The quantitative estimate of drug-likeness (QED) is 0.645. The van der Waals surface area contributed by atoms with Gasteiger partial charge in [0, 0.05) is 12.1 Å². The molecule has 0 saturated carbocycles. The SMILES string of the molecule is NCc1cc(C(F)F)c(I)nc1N. The third-order valence-electron chi connectivity index (χ3n) is 1.57. The minimum absolute atomic E-state index is 0.116. The van der Waals surface area contributed by atoms with Crippen LogP contribution in [0.15, 0.2) is 6.07 Å². The Labute approximate surface area is 87.7 Å². The lowest BCUT2D eigenvalue weighted by molar-refractivity contribution is 0.150. The predicted molar refractivity (Wildman–Crippen MR) is 54.2 cm³/mol. The van der Waals surface area contributed by atoms with Crippen LogP contribution in [-0.2, 0) is 6.54 Å². The second-order valence-corrected chi connectivity index (χ2v) is 3.44. The van der Waals surface area contributed by atoms with Crippen molar-refractivity contribution in [2.75, 3.05) is 5.73 Å². The van der Waals surface area contributed by atoms with Crippen molar-refractivity contribution in [3.05, 3.63) is 20.9 Å². The summed E-state index contributed by atoms with van der Waals surface area (Å²) in [5.74, 6) is 0.219. The molecule has 0 saturated heterocycles. The first-order valence-electron chi connectivity index (χ1n) is 3.49. The highest BCUT2D eigenvalue weighted by molar-refractivity contribution is 14.1. The molecular formula is C7H8F2IN3. The Balaban J connectivity index is 3.22. The van der Waals surface area contributed by atoms with Crippen LogP contribution in [0.5, 0.6) is 0 Å². The lowest BCUT2D eigenvalue weighted by atomic mass is 10.2. The van der Waals surface area contributed by atoms with Gasteiger partial charge in [-0.15, -0.1) is 0 Å². The van der Waals surface area contributed by atoms with Crippen molar-refractivity contribution in [1.29, 1.82) is 0 Å². The van der Waals surface area contributed by atoms with E-state index in [1.54, 1.807) is 22.6 Å². The summed E-state index contributed by atoms with van der Waals surface area (Å²) in [5, 5.41) is 0. The van der Waals surface area contributed by atoms with Gasteiger partial charge in [-0.1, -0.05) is 0 Å². The number of nitrogens with two attached hydrogens (primary N) is 2. The molecule has 1 aromatic rings. The van der Waals surface area contributed by atoms with E-state index in [1.165, 1.54) is 6.07 Å². The van der Waals surface area contributed by atoms with Gasteiger partial charge in [0.1, 0.15) is 9.52 Å². The van der Waals surface area contributed by atoms with Crippen molar-refractivity contribution >= 4 is 28.4 Å². The Kier molecular flexibility index (Phi) is 3.37. The molecule has 0 aliphatic heterocycles. The molecule has 1 aromatic heterocycles. The summed E-state index contributed by atoms with van der Waals surface area (Å²) >= 11 is 1.72. The molecule has 0 aliphatic rings. The average Bonchev–Trinajstić information content (AvgIpc) is 2.03. The fourth-order valence-electron chi connectivity index (χ4n) is 0.880. The number of alkyl halides is 2. The monoisotopic (exact) mass is 299 g/mol. The summed E-state index contributed by atoms with van der Waals surface area (Å²) in [6.07, 6.45) is -2.54. The molecule has 0 aromatic carbocycles. The number of nitrogen functional groups attached to an aromatic ring is 1. The van der Waals surface area contributed by atoms with Crippen LogP contribution in [0.1, 0.15) is 17.6 Å². The lowest BCUT2D eigenvalue weighted by Gasteiger charge is -2.07. The van der Waals surface area contributed by atoms with E-state index < -0.39 is 6.43 Å². The van der Waals surface area contributed by atoms with Gasteiger partial charge in [-0.3, -0.25) is 0 Å². The fraction of sp³-hybridized carbons (Fsp3) is 0.286. The minimum atomic E-state index is -2.54. The van der Waals surface area contributed by atoms with Gasteiger partial charge in [0.15, 0.2) is 0 Å². The van der Waals surface area contributed by atoms with Gasteiger partial charge >= 0.3 is 0 Å². The largest absolute Gasteiger partial charge is 0.383 e. The zero-order valence-corrected chi connectivity index (χ0v) is 8.76. The van der Waals surface area contributed by atoms with Crippen LogP contribution in [0.3, 0.4) is 0 Å². The smallest absolute Gasteiger partial charge is 0.266 e. The Morgan fingerprint density at radius 3 is 2.62 bits per heavy atom. The van der Waals surface area contributed by atoms with E-state index in [4.69, 9.17) is 11.5 Å². The Morgan fingerprint density at radius 2 is 2.15 bits per heavy atom. The molecule has 1 rings (SSSR count). The maximum atomic E-state index is 12.3. The van der Waals surface area contributed by atoms with Gasteiger partial charge in [0.25, 0.3) is 6.43 Å². The van der Waals surface area contributed by atoms with Crippen LogP contribution in [0.25, 0.3) is 0 Å². The molecule has 0 unspecified atom stereocenters. The predicted octanol–water partition coefficient (Wildman–Crippen LogP) is 1.66. The van der Waals surface area contributed by atoms with Crippen molar-refractivity contribution in [2.24, 2.45) is 5.73 Å². The van der Waals surface area contributed by atoms with E-state index in [2.05, 4.69) is 4.98 Å². The molecule has 0 aliphatic carbocycles. The van der Waals surface area contributed by atoms with Gasteiger partial charge in [-0.2, -0.15) is 0 Å². The molecule has 3 nitrogen and oxygen atoms in total. The second kappa shape index (κ2) is 4.14. The highest BCUT2D eigenvalue weighted by Crippen LogP contribution is 2.25. The van der Waals surface area contributed by atoms with Crippen LogP contribution in [0.4, 0.5) is 14.6 Å². The first kappa shape index (κ1) is 10.6. The van der Waals surface area contributed by atoms with Gasteiger partial charge in [0.05, 0.1) is 5.56 Å². The summed E-state index contributed by atoms with van der Waals surface area (Å²) in [4.78, 5) is 3.77. The third-order valence-corrected chi connectivity index (χ3v) is 2.43. The molecule has 0 bridgehead atoms. The molecule has 13 heavy (non-hydrogen) atoms. The van der Waals surface area contributed by atoms with Crippen LogP contribution < -0.4 is 11.5 Å². The Morgan fingerprint density at radius 1 is 1.54 bits per heavy atom. The molecule has 4 N–H and O–H groups in total. The van der Waals surface area contributed by atoms with Crippen LogP contribution in [0, 0.1) is 3.70 Å². The number of hydrogen-bond donors (Lipinski definition) is 2. The zero-order chi connectivity index (χ0) is 10.0. The van der Waals surface area contributed by atoms with Crippen LogP contribution in [-0.4, -0.2) is 4.98 Å². The van der Waals surface area contributed by atoms with E-state index in [0.29, 0.717) is 5.56 Å². The van der Waals surface area contributed by atoms with E-state index >= 15 is 0 Å². The van der Waals surface area contributed by atoms with Crippen molar-refractivity contribution in [1.82, 2.24) is 4.98 Å². The minimum Gasteiger partial charge on any atom is -0.383 e. The van der Waals surface area contributed by atoms with Gasteiger partial charge in [-0.05, 0) is 28.7 Å². The topological polar surface area (TPSA) is 64.9 Å². The molecule has 1 heterocycles. The second-order valence-electron chi connectivity index (χ2n) is 2.42. The standard InChI is InChI=1S/C7H8F2IN3/c8-5(9)4-1-3(2-11)7(12)13-6(4)10/h1,5H,2,11H2,(H2,12,13). The average molecular weight is 299 g/mol. The number of halogens is 3. The van der Waals surface area contributed by atoms with Gasteiger partial charge in [-0.25, -0.2) is 13.8 Å².